The first-order chi connectivity index (χ1) is 15.6. The standard InChI is InChI=1S/C25H28N2O4S/c28-22(26-10-12-31-13-11-26)16-27-20-15-18(25(29)30)8-9-19(20)23(17-5-2-1-3-6-17)24(27)21-7-4-14-32-21/h4,7-9,14-15,17H,1-3,5-6,10-13,16H2,(H,29,30). The molecule has 2 aliphatic rings. The van der Waals surface area contributed by atoms with Gasteiger partial charge < -0.3 is 19.3 Å². The highest BCUT2D eigenvalue weighted by atomic mass is 32.1. The van der Waals surface area contributed by atoms with E-state index in [0.717, 1.165) is 34.3 Å². The number of aromatic carboxylic acids is 1. The number of benzene rings is 1. The Kier molecular flexibility index (Phi) is 6.02. The molecule has 1 amide bonds. The average Bonchev–Trinajstić information content (AvgIpc) is 3.46. The van der Waals surface area contributed by atoms with Crippen LogP contribution in [0.15, 0.2) is 35.7 Å². The van der Waals surface area contributed by atoms with Crippen molar-refractivity contribution in [2.24, 2.45) is 0 Å². The van der Waals surface area contributed by atoms with Crippen LogP contribution in [0.25, 0.3) is 21.5 Å². The minimum Gasteiger partial charge on any atom is -0.478 e. The van der Waals surface area contributed by atoms with Crippen LogP contribution in [0.2, 0.25) is 0 Å². The summed E-state index contributed by atoms with van der Waals surface area (Å²) < 4.78 is 7.49. The van der Waals surface area contributed by atoms with Gasteiger partial charge in [-0.25, -0.2) is 4.79 Å². The quantitative estimate of drug-likeness (QED) is 0.593. The Balaban J connectivity index is 1.69. The lowest BCUT2D eigenvalue weighted by atomic mass is 9.82. The molecule has 0 bridgehead atoms. The summed E-state index contributed by atoms with van der Waals surface area (Å²) in [5.74, 6) is -0.464. The van der Waals surface area contributed by atoms with Gasteiger partial charge in [-0.05, 0) is 47.9 Å². The van der Waals surface area contributed by atoms with E-state index in [1.807, 2.05) is 17.0 Å². The number of nitrogens with zero attached hydrogens (tertiary/aromatic N) is 2. The highest BCUT2D eigenvalue weighted by Crippen LogP contribution is 2.45. The van der Waals surface area contributed by atoms with Crippen LogP contribution in [0.1, 0.15) is 53.9 Å². The zero-order valence-electron chi connectivity index (χ0n) is 18.1. The minimum atomic E-state index is -0.948. The molecule has 168 valence electrons. The summed E-state index contributed by atoms with van der Waals surface area (Å²) in [4.78, 5) is 28.0. The Hall–Kier alpha value is -2.64. The van der Waals surface area contributed by atoms with Gasteiger partial charge in [-0.3, -0.25) is 4.79 Å². The molecule has 1 saturated carbocycles. The van der Waals surface area contributed by atoms with Gasteiger partial charge in [0.15, 0.2) is 0 Å². The number of fused-ring (bicyclic) bond motifs is 1. The van der Waals surface area contributed by atoms with E-state index in [9.17, 15) is 14.7 Å². The number of carbonyl (C=O) groups is 2. The van der Waals surface area contributed by atoms with E-state index in [1.54, 1.807) is 23.5 Å². The number of amides is 1. The Bertz CT molecular complexity index is 1120. The van der Waals surface area contributed by atoms with E-state index in [-0.39, 0.29) is 18.0 Å². The predicted molar refractivity (Wildman–Crippen MR) is 125 cm³/mol. The third kappa shape index (κ3) is 3.95. The van der Waals surface area contributed by atoms with Crippen LogP contribution in [0, 0.1) is 0 Å². The summed E-state index contributed by atoms with van der Waals surface area (Å²) in [6.07, 6.45) is 5.95. The first-order valence-corrected chi connectivity index (χ1v) is 12.3. The fourth-order valence-electron chi connectivity index (χ4n) is 5.20. The molecule has 0 unspecified atom stereocenters. The topological polar surface area (TPSA) is 71.8 Å². The Labute approximate surface area is 191 Å². The second-order valence-electron chi connectivity index (χ2n) is 8.69. The number of carboxylic acids is 1. The summed E-state index contributed by atoms with van der Waals surface area (Å²) in [5, 5.41) is 12.8. The Morgan fingerprint density at radius 3 is 2.56 bits per heavy atom. The van der Waals surface area contributed by atoms with Gasteiger partial charge in [0.1, 0.15) is 6.54 Å². The van der Waals surface area contributed by atoms with Gasteiger partial charge in [0.05, 0.1) is 34.9 Å². The Morgan fingerprint density at radius 2 is 1.88 bits per heavy atom. The van der Waals surface area contributed by atoms with Gasteiger partial charge >= 0.3 is 5.97 Å². The molecule has 3 heterocycles. The van der Waals surface area contributed by atoms with Crippen molar-refractivity contribution in [1.82, 2.24) is 9.47 Å². The predicted octanol–water partition coefficient (Wildman–Crippen LogP) is 4.97. The molecule has 1 aliphatic heterocycles. The molecule has 32 heavy (non-hydrogen) atoms. The van der Waals surface area contributed by atoms with Crippen LogP contribution in [0.3, 0.4) is 0 Å². The maximum atomic E-state index is 13.3. The fourth-order valence-corrected chi connectivity index (χ4v) is 6.00. The van der Waals surface area contributed by atoms with E-state index in [1.165, 1.54) is 24.8 Å². The summed E-state index contributed by atoms with van der Waals surface area (Å²) in [6, 6.07) is 9.55. The highest BCUT2D eigenvalue weighted by Gasteiger charge is 2.29. The summed E-state index contributed by atoms with van der Waals surface area (Å²) in [5.41, 5.74) is 3.47. The smallest absolute Gasteiger partial charge is 0.335 e. The van der Waals surface area contributed by atoms with Crippen molar-refractivity contribution in [2.75, 3.05) is 26.3 Å². The number of hydrogen-bond donors (Lipinski definition) is 1. The number of morpholine rings is 1. The van der Waals surface area contributed by atoms with Crippen molar-refractivity contribution in [1.29, 1.82) is 0 Å². The van der Waals surface area contributed by atoms with E-state index >= 15 is 0 Å². The molecule has 1 aromatic carbocycles. The van der Waals surface area contributed by atoms with E-state index in [4.69, 9.17) is 4.74 Å². The van der Waals surface area contributed by atoms with Gasteiger partial charge in [0.25, 0.3) is 0 Å². The molecule has 0 atom stereocenters. The highest BCUT2D eigenvalue weighted by molar-refractivity contribution is 7.13. The molecule has 0 spiro atoms. The molecule has 2 aromatic heterocycles. The number of ether oxygens (including phenoxy) is 1. The molecule has 1 saturated heterocycles. The SMILES string of the molecule is O=C(O)c1ccc2c(C3CCCCC3)c(-c3cccs3)n(CC(=O)N3CCOCC3)c2c1. The van der Waals surface area contributed by atoms with Crippen LogP contribution < -0.4 is 0 Å². The summed E-state index contributed by atoms with van der Waals surface area (Å²) in [6.45, 7) is 2.53. The molecular weight excluding hydrogens is 424 g/mol. The number of carbonyl (C=O) groups excluding carboxylic acids is 1. The maximum Gasteiger partial charge on any atom is 0.335 e. The van der Waals surface area contributed by atoms with Crippen molar-refractivity contribution in [3.05, 3.63) is 46.8 Å². The van der Waals surface area contributed by atoms with Crippen molar-refractivity contribution in [3.8, 4) is 10.6 Å². The number of hydrogen-bond acceptors (Lipinski definition) is 4. The molecule has 0 radical (unpaired) electrons. The van der Waals surface area contributed by atoms with Crippen LogP contribution in [0.4, 0.5) is 0 Å². The zero-order chi connectivity index (χ0) is 22.1. The molecule has 2 fully saturated rings. The van der Waals surface area contributed by atoms with Crippen molar-refractivity contribution >= 4 is 34.1 Å². The van der Waals surface area contributed by atoms with E-state index in [2.05, 4.69) is 16.0 Å². The third-order valence-corrected chi connectivity index (χ3v) is 7.65. The lowest BCUT2D eigenvalue weighted by Crippen LogP contribution is -2.42. The summed E-state index contributed by atoms with van der Waals surface area (Å²) >= 11 is 1.67. The van der Waals surface area contributed by atoms with Gasteiger partial charge in [0.2, 0.25) is 5.91 Å². The summed E-state index contributed by atoms with van der Waals surface area (Å²) in [7, 11) is 0. The number of aromatic nitrogens is 1. The average molecular weight is 453 g/mol. The second-order valence-corrected chi connectivity index (χ2v) is 9.64. The van der Waals surface area contributed by atoms with Crippen LogP contribution in [-0.4, -0.2) is 52.8 Å². The van der Waals surface area contributed by atoms with Gasteiger partial charge in [-0.15, -0.1) is 11.3 Å². The van der Waals surface area contributed by atoms with E-state index in [0.29, 0.717) is 32.2 Å². The fraction of sp³-hybridized carbons (Fsp3) is 0.440. The maximum absolute atomic E-state index is 13.3. The van der Waals surface area contributed by atoms with Gasteiger partial charge in [-0.2, -0.15) is 0 Å². The van der Waals surface area contributed by atoms with Crippen LogP contribution in [-0.2, 0) is 16.1 Å². The first kappa shape index (κ1) is 21.2. The molecule has 3 aromatic rings. The first-order valence-electron chi connectivity index (χ1n) is 11.4. The van der Waals surface area contributed by atoms with Crippen LogP contribution in [0.5, 0.6) is 0 Å². The second kappa shape index (κ2) is 9.08. The normalized spacial score (nSPS) is 17.7. The molecule has 5 rings (SSSR count). The monoisotopic (exact) mass is 452 g/mol. The van der Waals surface area contributed by atoms with E-state index < -0.39 is 5.97 Å². The van der Waals surface area contributed by atoms with Crippen molar-refractivity contribution < 1.29 is 19.4 Å². The molecule has 1 N–H and O–H groups in total. The molecule has 1 aliphatic carbocycles. The van der Waals surface area contributed by atoms with Crippen molar-refractivity contribution in [2.45, 2.75) is 44.6 Å². The van der Waals surface area contributed by atoms with Gasteiger partial charge in [-0.1, -0.05) is 31.4 Å². The van der Waals surface area contributed by atoms with Crippen LogP contribution >= 0.6 is 11.3 Å². The third-order valence-electron chi connectivity index (χ3n) is 6.78. The largest absolute Gasteiger partial charge is 0.478 e. The lowest BCUT2D eigenvalue weighted by Gasteiger charge is -2.27. The Morgan fingerprint density at radius 1 is 1.09 bits per heavy atom. The molecular formula is C25H28N2O4S. The van der Waals surface area contributed by atoms with Crippen molar-refractivity contribution in [3.63, 3.8) is 0 Å². The number of rotatable bonds is 5. The molecule has 7 heteroatoms. The zero-order valence-corrected chi connectivity index (χ0v) is 18.9. The lowest BCUT2D eigenvalue weighted by molar-refractivity contribution is -0.135. The number of carboxylic acid groups (broad SMARTS) is 1. The minimum absolute atomic E-state index is 0.0546. The molecule has 6 nitrogen and oxygen atoms in total. The number of thiophene rings is 1. The van der Waals surface area contributed by atoms with Gasteiger partial charge in [0, 0.05) is 18.5 Å².